The number of fused-ring (bicyclic) bond motifs is 1. The van der Waals surface area contributed by atoms with Crippen molar-refractivity contribution in [3.8, 4) is 10.6 Å². The summed E-state index contributed by atoms with van der Waals surface area (Å²) in [5.41, 5.74) is 5.08. The Kier molecular flexibility index (Phi) is 6.69. The lowest BCUT2D eigenvalue weighted by atomic mass is 10.1. The van der Waals surface area contributed by atoms with Gasteiger partial charge in [0.2, 0.25) is 11.9 Å². The number of hydrogen-bond donors (Lipinski definition) is 2. The Morgan fingerprint density at radius 1 is 1.05 bits per heavy atom. The van der Waals surface area contributed by atoms with E-state index < -0.39 is 0 Å². The van der Waals surface area contributed by atoms with E-state index >= 15 is 0 Å². The van der Waals surface area contributed by atoms with Crippen LogP contribution in [0.25, 0.3) is 20.8 Å². The van der Waals surface area contributed by atoms with E-state index in [1.54, 1.807) is 16.2 Å². The van der Waals surface area contributed by atoms with Crippen LogP contribution in [0.1, 0.15) is 55.0 Å². The van der Waals surface area contributed by atoms with Gasteiger partial charge in [0.1, 0.15) is 16.3 Å². The Balaban J connectivity index is 1.34. The second-order valence-electron chi connectivity index (χ2n) is 10.6. The molecule has 2 saturated carbocycles. The molecule has 1 aromatic carbocycles. The molecule has 2 fully saturated rings. The third-order valence-electron chi connectivity index (χ3n) is 7.46. The lowest BCUT2D eigenvalue weighted by Crippen LogP contribution is -2.29. The molecule has 2 aliphatic carbocycles. The third kappa shape index (κ3) is 5.07. The first-order valence-electron chi connectivity index (χ1n) is 13.4. The van der Waals surface area contributed by atoms with Gasteiger partial charge in [-0.1, -0.05) is 30.3 Å². The van der Waals surface area contributed by atoms with Crippen molar-refractivity contribution in [2.75, 3.05) is 24.7 Å². The van der Waals surface area contributed by atoms with Crippen molar-refractivity contribution in [1.82, 2.24) is 24.8 Å². The molecule has 0 aliphatic heterocycles. The number of hydrogen-bond acceptors (Lipinski definition) is 8. The van der Waals surface area contributed by atoms with E-state index in [-0.39, 0.29) is 17.9 Å². The van der Waals surface area contributed by atoms with E-state index in [9.17, 15) is 4.79 Å². The first-order chi connectivity index (χ1) is 18.5. The zero-order valence-electron chi connectivity index (χ0n) is 22.1. The van der Waals surface area contributed by atoms with Gasteiger partial charge in [-0.05, 0) is 50.7 Å². The SMILES string of the molecule is Cc1nc(NCc2ccccc2)nc(NC2CCC(C(=O)N(C)C)C2)c1-c1nc2c(C3CC3)nccc2s1. The Hall–Kier alpha value is -3.59. The normalized spacial score (nSPS) is 19.0. The van der Waals surface area contributed by atoms with Crippen LogP contribution in [-0.2, 0) is 11.3 Å². The minimum Gasteiger partial charge on any atom is -0.367 e. The number of aromatic nitrogens is 4. The zero-order valence-corrected chi connectivity index (χ0v) is 22.9. The van der Waals surface area contributed by atoms with Gasteiger partial charge in [0.25, 0.3) is 0 Å². The van der Waals surface area contributed by atoms with E-state index in [4.69, 9.17) is 15.0 Å². The second-order valence-corrected chi connectivity index (χ2v) is 11.6. The van der Waals surface area contributed by atoms with Gasteiger partial charge >= 0.3 is 0 Å². The largest absolute Gasteiger partial charge is 0.367 e. The Morgan fingerprint density at radius 2 is 1.87 bits per heavy atom. The van der Waals surface area contributed by atoms with Crippen LogP contribution in [-0.4, -0.2) is 50.9 Å². The molecule has 9 heteroatoms. The molecule has 196 valence electrons. The van der Waals surface area contributed by atoms with Gasteiger partial charge in [0, 0.05) is 44.7 Å². The Morgan fingerprint density at radius 3 is 2.63 bits per heavy atom. The number of aryl methyl sites for hydroxylation is 1. The number of anilines is 2. The summed E-state index contributed by atoms with van der Waals surface area (Å²) in [6.07, 6.45) is 6.87. The van der Waals surface area contributed by atoms with E-state index in [1.165, 1.54) is 18.4 Å². The molecular formula is C29H33N7OS. The molecule has 8 nitrogen and oxygen atoms in total. The number of carbonyl (C=O) groups is 1. The Labute approximate surface area is 226 Å². The van der Waals surface area contributed by atoms with Gasteiger partial charge in [-0.2, -0.15) is 4.98 Å². The van der Waals surface area contributed by atoms with Gasteiger partial charge in [-0.3, -0.25) is 9.78 Å². The quantitative estimate of drug-likeness (QED) is 0.307. The molecule has 6 rings (SSSR count). The van der Waals surface area contributed by atoms with Gasteiger partial charge in [-0.25, -0.2) is 9.97 Å². The number of amides is 1. The van der Waals surface area contributed by atoms with Crippen LogP contribution < -0.4 is 10.6 Å². The smallest absolute Gasteiger partial charge is 0.225 e. The summed E-state index contributed by atoms with van der Waals surface area (Å²) in [4.78, 5) is 33.8. The molecule has 2 unspecified atom stereocenters. The molecule has 0 radical (unpaired) electrons. The monoisotopic (exact) mass is 527 g/mol. The van der Waals surface area contributed by atoms with Crippen LogP contribution in [0.4, 0.5) is 11.8 Å². The molecular weight excluding hydrogens is 494 g/mol. The fourth-order valence-electron chi connectivity index (χ4n) is 5.32. The fraction of sp³-hybridized carbons (Fsp3) is 0.414. The first kappa shape index (κ1) is 24.7. The number of nitrogens with one attached hydrogen (secondary N) is 2. The van der Waals surface area contributed by atoms with E-state index in [0.717, 1.165) is 57.3 Å². The van der Waals surface area contributed by atoms with Crippen LogP contribution in [0.15, 0.2) is 42.6 Å². The number of pyridine rings is 1. The predicted octanol–water partition coefficient (Wildman–Crippen LogP) is 5.62. The zero-order chi connectivity index (χ0) is 26.2. The molecule has 38 heavy (non-hydrogen) atoms. The molecule has 0 bridgehead atoms. The molecule has 3 heterocycles. The molecule has 1 amide bonds. The highest BCUT2D eigenvalue weighted by Crippen LogP contribution is 2.44. The fourth-order valence-corrected chi connectivity index (χ4v) is 6.39. The number of rotatable bonds is 8. The standard InChI is InChI=1S/C29H33N7OS/c1-17-23(27-34-25-22(38-27)13-14-30-24(25)19-9-10-19)26(33-21-12-11-20(15-21)28(37)36(2)3)35-29(32-17)31-16-18-7-5-4-6-8-18/h4-8,13-14,19-21H,9-12,15-16H2,1-3H3,(H2,31,32,33,35). The van der Waals surface area contributed by atoms with E-state index in [2.05, 4.69) is 33.8 Å². The van der Waals surface area contributed by atoms with E-state index in [1.807, 2.05) is 45.4 Å². The van der Waals surface area contributed by atoms with Crippen LogP contribution in [0, 0.1) is 12.8 Å². The van der Waals surface area contributed by atoms with Crippen LogP contribution >= 0.6 is 11.3 Å². The van der Waals surface area contributed by atoms with Gasteiger partial charge < -0.3 is 15.5 Å². The maximum atomic E-state index is 12.6. The molecule has 2 aliphatic rings. The van der Waals surface area contributed by atoms with Crippen molar-refractivity contribution in [3.63, 3.8) is 0 Å². The second kappa shape index (κ2) is 10.3. The van der Waals surface area contributed by atoms with E-state index in [0.29, 0.717) is 18.4 Å². The van der Waals surface area contributed by atoms with Crippen LogP contribution in [0.5, 0.6) is 0 Å². The average molecular weight is 528 g/mol. The summed E-state index contributed by atoms with van der Waals surface area (Å²) in [6, 6.07) is 12.5. The number of benzene rings is 1. The lowest BCUT2D eigenvalue weighted by molar-refractivity contribution is -0.132. The summed E-state index contributed by atoms with van der Waals surface area (Å²) < 4.78 is 1.14. The first-order valence-corrected chi connectivity index (χ1v) is 14.2. The maximum Gasteiger partial charge on any atom is 0.225 e. The summed E-state index contributed by atoms with van der Waals surface area (Å²) >= 11 is 1.67. The van der Waals surface area contributed by atoms with Gasteiger partial charge in [-0.15, -0.1) is 11.3 Å². The highest BCUT2D eigenvalue weighted by atomic mass is 32.1. The molecule has 0 saturated heterocycles. The summed E-state index contributed by atoms with van der Waals surface area (Å²) in [5.74, 6) is 2.12. The number of nitrogens with zero attached hydrogens (tertiary/aromatic N) is 5. The summed E-state index contributed by atoms with van der Waals surface area (Å²) in [5, 5.41) is 8.00. The lowest BCUT2D eigenvalue weighted by Gasteiger charge is -2.19. The minimum absolute atomic E-state index is 0.0409. The van der Waals surface area contributed by atoms with Crippen molar-refractivity contribution in [2.45, 2.75) is 57.5 Å². The third-order valence-corrected chi connectivity index (χ3v) is 8.50. The molecule has 4 aromatic rings. The highest BCUT2D eigenvalue weighted by molar-refractivity contribution is 7.21. The number of carbonyl (C=O) groups excluding carboxylic acids is 1. The summed E-state index contributed by atoms with van der Waals surface area (Å²) in [7, 11) is 3.66. The number of thiazole rings is 1. The predicted molar refractivity (Wildman–Crippen MR) is 152 cm³/mol. The topological polar surface area (TPSA) is 95.9 Å². The van der Waals surface area contributed by atoms with Crippen molar-refractivity contribution in [1.29, 1.82) is 0 Å². The molecule has 2 atom stereocenters. The summed E-state index contributed by atoms with van der Waals surface area (Å²) in [6.45, 7) is 2.66. The highest BCUT2D eigenvalue weighted by Gasteiger charge is 2.32. The van der Waals surface area contributed by atoms with Crippen LogP contribution in [0.3, 0.4) is 0 Å². The van der Waals surface area contributed by atoms with Gasteiger partial charge in [0.15, 0.2) is 0 Å². The van der Waals surface area contributed by atoms with Gasteiger partial charge in [0.05, 0.1) is 21.7 Å². The Bertz CT molecular complexity index is 1460. The van der Waals surface area contributed by atoms with Crippen molar-refractivity contribution >= 4 is 39.2 Å². The van der Waals surface area contributed by atoms with Crippen molar-refractivity contribution in [3.05, 3.63) is 59.5 Å². The molecule has 2 N–H and O–H groups in total. The molecule has 3 aromatic heterocycles. The molecule has 0 spiro atoms. The van der Waals surface area contributed by atoms with Crippen LogP contribution in [0.2, 0.25) is 0 Å². The maximum absolute atomic E-state index is 12.6. The van der Waals surface area contributed by atoms with Crippen molar-refractivity contribution < 1.29 is 4.79 Å². The van der Waals surface area contributed by atoms with Crippen molar-refractivity contribution in [2.24, 2.45) is 5.92 Å². The minimum atomic E-state index is 0.0409. The average Bonchev–Trinajstić information content (AvgIpc) is 3.50.